The van der Waals surface area contributed by atoms with Crippen LogP contribution in [0.4, 0.5) is 0 Å². The van der Waals surface area contributed by atoms with Crippen LogP contribution in [-0.4, -0.2) is 4.74 Å². The first-order chi connectivity index (χ1) is 4.91. The molecule has 1 heterocycles. The van der Waals surface area contributed by atoms with Gasteiger partial charge in [0.2, 0.25) is 0 Å². The van der Waals surface area contributed by atoms with Gasteiger partial charge in [-0.05, 0) is 0 Å². The number of aromatic nitrogens is 1. The maximum Gasteiger partial charge on any atom is 0.282 e. The predicted octanol–water partition coefficient (Wildman–Crippen LogP) is 1.28. The molecule has 0 aliphatic rings. The summed E-state index contributed by atoms with van der Waals surface area (Å²) in [6, 6.07) is 1.53. The third-order valence-corrected chi connectivity index (χ3v) is 1.54. The normalized spacial score (nSPS) is 12.0. The van der Waals surface area contributed by atoms with Gasteiger partial charge in [-0.3, -0.25) is 4.79 Å². The summed E-state index contributed by atoms with van der Waals surface area (Å²) < 4.78 is 6.42. The summed E-state index contributed by atoms with van der Waals surface area (Å²) >= 11 is 0. The SMILES string of the molecule is Cn1oc(C(C)(C)C)cc1=O. The van der Waals surface area contributed by atoms with E-state index in [9.17, 15) is 4.79 Å². The fourth-order valence-electron chi connectivity index (χ4n) is 0.775. The van der Waals surface area contributed by atoms with Crippen molar-refractivity contribution in [3.8, 4) is 0 Å². The number of nitrogens with zero attached hydrogens (tertiary/aromatic N) is 1. The topological polar surface area (TPSA) is 35.1 Å². The average Bonchev–Trinajstić information content (AvgIpc) is 2.11. The van der Waals surface area contributed by atoms with Gasteiger partial charge in [-0.15, -0.1) is 0 Å². The first kappa shape index (κ1) is 8.11. The van der Waals surface area contributed by atoms with E-state index in [1.54, 1.807) is 7.05 Å². The molecule has 1 aromatic heterocycles. The zero-order valence-corrected chi connectivity index (χ0v) is 7.34. The van der Waals surface area contributed by atoms with Crippen LogP contribution < -0.4 is 5.56 Å². The highest BCUT2D eigenvalue weighted by molar-refractivity contribution is 5.06. The van der Waals surface area contributed by atoms with Crippen LogP contribution in [0.2, 0.25) is 0 Å². The van der Waals surface area contributed by atoms with Crippen LogP contribution in [0.25, 0.3) is 0 Å². The molecule has 3 heteroatoms. The fourth-order valence-corrected chi connectivity index (χ4v) is 0.775. The van der Waals surface area contributed by atoms with E-state index in [2.05, 4.69) is 0 Å². The highest BCUT2D eigenvalue weighted by Gasteiger charge is 2.19. The Morgan fingerprint density at radius 2 is 2.00 bits per heavy atom. The van der Waals surface area contributed by atoms with Crippen molar-refractivity contribution in [1.82, 2.24) is 4.74 Å². The number of rotatable bonds is 0. The summed E-state index contributed by atoms with van der Waals surface area (Å²) in [7, 11) is 1.61. The second kappa shape index (κ2) is 2.26. The van der Waals surface area contributed by atoms with Crippen LogP contribution in [-0.2, 0) is 12.5 Å². The molecular weight excluding hydrogens is 142 g/mol. The highest BCUT2D eigenvalue weighted by Crippen LogP contribution is 2.19. The minimum atomic E-state index is -0.0880. The van der Waals surface area contributed by atoms with Gasteiger partial charge in [0.1, 0.15) is 5.76 Å². The van der Waals surface area contributed by atoms with Crippen molar-refractivity contribution in [2.45, 2.75) is 26.2 Å². The van der Waals surface area contributed by atoms with Crippen molar-refractivity contribution in [3.05, 3.63) is 22.2 Å². The number of aryl methyl sites for hydroxylation is 1. The van der Waals surface area contributed by atoms with Crippen molar-refractivity contribution < 1.29 is 4.52 Å². The quantitative estimate of drug-likeness (QED) is 0.565. The Morgan fingerprint density at radius 1 is 1.45 bits per heavy atom. The Bertz CT molecular complexity index is 301. The maximum absolute atomic E-state index is 11.0. The lowest BCUT2D eigenvalue weighted by Crippen LogP contribution is -2.09. The van der Waals surface area contributed by atoms with Gasteiger partial charge in [0.25, 0.3) is 5.56 Å². The molecule has 0 saturated heterocycles. The highest BCUT2D eigenvalue weighted by atomic mass is 16.5. The van der Waals surface area contributed by atoms with Gasteiger partial charge in [-0.2, -0.15) is 4.74 Å². The van der Waals surface area contributed by atoms with Gasteiger partial charge in [0, 0.05) is 18.5 Å². The van der Waals surface area contributed by atoms with Gasteiger partial charge in [-0.25, -0.2) is 0 Å². The Kier molecular flexibility index (Phi) is 1.66. The summed E-state index contributed by atoms with van der Waals surface area (Å²) in [5.74, 6) is 0.727. The largest absolute Gasteiger partial charge is 0.381 e. The van der Waals surface area contributed by atoms with Crippen LogP contribution >= 0.6 is 0 Å². The molecule has 0 aliphatic heterocycles. The van der Waals surface area contributed by atoms with Crippen LogP contribution in [0.5, 0.6) is 0 Å². The third kappa shape index (κ3) is 1.53. The summed E-state index contributed by atoms with van der Waals surface area (Å²) in [6.45, 7) is 6.02. The predicted molar refractivity (Wildman–Crippen MR) is 42.6 cm³/mol. The lowest BCUT2D eigenvalue weighted by atomic mass is 9.94. The zero-order chi connectivity index (χ0) is 8.65. The maximum atomic E-state index is 11.0. The number of hydrogen-bond acceptors (Lipinski definition) is 2. The fraction of sp³-hybridized carbons (Fsp3) is 0.625. The van der Waals surface area contributed by atoms with E-state index in [0.717, 1.165) is 5.76 Å². The second-order valence-corrected chi connectivity index (χ2v) is 3.69. The molecule has 0 aromatic carbocycles. The van der Waals surface area contributed by atoms with E-state index in [4.69, 9.17) is 4.52 Å². The van der Waals surface area contributed by atoms with E-state index in [-0.39, 0.29) is 11.0 Å². The summed E-state index contributed by atoms with van der Waals surface area (Å²) in [4.78, 5) is 11.0. The van der Waals surface area contributed by atoms with E-state index < -0.39 is 0 Å². The van der Waals surface area contributed by atoms with Crippen molar-refractivity contribution in [2.75, 3.05) is 0 Å². The molecule has 62 valence electrons. The molecule has 0 aliphatic carbocycles. The zero-order valence-electron chi connectivity index (χ0n) is 7.34. The Balaban J connectivity index is 3.18. The molecule has 1 aromatic rings. The number of hydrogen-bond donors (Lipinski definition) is 0. The van der Waals surface area contributed by atoms with Gasteiger partial charge < -0.3 is 4.52 Å². The van der Waals surface area contributed by atoms with Crippen LogP contribution in [0, 0.1) is 0 Å². The lowest BCUT2D eigenvalue weighted by molar-refractivity contribution is 0.246. The molecule has 0 saturated carbocycles. The first-order valence-electron chi connectivity index (χ1n) is 3.59. The van der Waals surface area contributed by atoms with Gasteiger partial charge >= 0.3 is 0 Å². The van der Waals surface area contributed by atoms with Gasteiger partial charge in [-0.1, -0.05) is 20.8 Å². The average molecular weight is 155 g/mol. The van der Waals surface area contributed by atoms with E-state index >= 15 is 0 Å². The monoisotopic (exact) mass is 155 g/mol. The molecular formula is C8H13NO2. The summed E-state index contributed by atoms with van der Waals surface area (Å²) in [5, 5.41) is 0. The first-order valence-corrected chi connectivity index (χ1v) is 3.59. The molecule has 1 rings (SSSR count). The molecule has 0 fully saturated rings. The van der Waals surface area contributed by atoms with E-state index in [0.29, 0.717) is 0 Å². The molecule has 11 heavy (non-hydrogen) atoms. The van der Waals surface area contributed by atoms with Gasteiger partial charge in [0.15, 0.2) is 0 Å². The molecule has 0 amide bonds. The Morgan fingerprint density at radius 3 is 2.18 bits per heavy atom. The third-order valence-electron chi connectivity index (χ3n) is 1.54. The van der Waals surface area contributed by atoms with Crippen molar-refractivity contribution in [3.63, 3.8) is 0 Å². The Hall–Kier alpha value is -0.990. The molecule has 0 spiro atoms. The summed E-state index contributed by atoms with van der Waals surface area (Å²) in [6.07, 6.45) is 0. The molecule has 0 bridgehead atoms. The van der Waals surface area contributed by atoms with Crippen LogP contribution in [0.1, 0.15) is 26.5 Å². The van der Waals surface area contributed by atoms with Crippen molar-refractivity contribution >= 4 is 0 Å². The van der Waals surface area contributed by atoms with Gasteiger partial charge in [0.05, 0.1) is 0 Å². The molecule has 0 N–H and O–H groups in total. The molecule has 0 unspecified atom stereocenters. The Labute approximate surface area is 65.6 Å². The minimum absolute atomic E-state index is 0.0829. The van der Waals surface area contributed by atoms with Crippen LogP contribution in [0.3, 0.4) is 0 Å². The van der Waals surface area contributed by atoms with E-state index in [1.165, 1.54) is 10.8 Å². The second-order valence-electron chi connectivity index (χ2n) is 3.69. The lowest BCUT2D eigenvalue weighted by Gasteiger charge is -2.12. The van der Waals surface area contributed by atoms with Crippen LogP contribution in [0.15, 0.2) is 15.4 Å². The van der Waals surface area contributed by atoms with E-state index in [1.807, 2.05) is 20.8 Å². The molecule has 3 nitrogen and oxygen atoms in total. The smallest absolute Gasteiger partial charge is 0.282 e. The summed E-state index contributed by atoms with van der Waals surface area (Å²) in [5.41, 5.74) is -0.171. The van der Waals surface area contributed by atoms with Crippen molar-refractivity contribution in [2.24, 2.45) is 7.05 Å². The molecule has 0 radical (unpaired) electrons. The van der Waals surface area contributed by atoms with Crippen molar-refractivity contribution in [1.29, 1.82) is 0 Å². The molecule has 0 atom stereocenters. The standard InChI is InChI=1S/C8H13NO2/c1-8(2,3)6-5-7(10)9(4)11-6/h5H,1-4H3. The minimum Gasteiger partial charge on any atom is -0.381 e.